The van der Waals surface area contributed by atoms with E-state index in [2.05, 4.69) is 37.9 Å². The Bertz CT molecular complexity index is 162. The zero-order valence-corrected chi connectivity index (χ0v) is 10.9. The summed E-state index contributed by atoms with van der Waals surface area (Å²) in [5.74, 6) is 0. The predicted molar refractivity (Wildman–Crippen MR) is 67.2 cm³/mol. The van der Waals surface area contributed by atoms with Crippen LogP contribution in [-0.4, -0.2) is 36.1 Å². The second-order valence-corrected chi connectivity index (χ2v) is 5.21. The molecule has 1 rings (SSSR count). The molecule has 0 aromatic carbocycles. The Labute approximate surface area is 95.4 Å². The smallest absolute Gasteiger partial charge is 0.0113 e. The average Bonchev–Trinajstić information content (AvgIpc) is 2.95. The predicted octanol–water partition coefficient (Wildman–Crippen LogP) is 2.64. The van der Waals surface area contributed by atoms with Gasteiger partial charge in [0.15, 0.2) is 0 Å². The van der Waals surface area contributed by atoms with Crippen molar-refractivity contribution in [3.8, 4) is 0 Å². The Morgan fingerprint density at radius 3 is 2.40 bits per heavy atom. The summed E-state index contributed by atoms with van der Waals surface area (Å²) in [5, 5.41) is 3.61. The number of nitrogens with zero attached hydrogens (tertiary/aromatic N) is 1. The first-order valence-corrected chi connectivity index (χ1v) is 6.64. The molecular weight excluding hydrogens is 184 g/mol. The summed E-state index contributed by atoms with van der Waals surface area (Å²) >= 11 is 0. The Morgan fingerprint density at radius 2 is 1.93 bits per heavy atom. The highest BCUT2D eigenvalue weighted by atomic mass is 15.2. The van der Waals surface area contributed by atoms with E-state index in [-0.39, 0.29) is 0 Å². The largest absolute Gasteiger partial charge is 0.313 e. The third-order valence-corrected chi connectivity index (χ3v) is 3.26. The second kappa shape index (κ2) is 6.49. The number of hydrogen-bond donors (Lipinski definition) is 1. The van der Waals surface area contributed by atoms with Gasteiger partial charge in [-0.2, -0.15) is 0 Å². The molecule has 1 saturated carbocycles. The molecule has 0 bridgehead atoms. The molecule has 0 aromatic heterocycles. The summed E-state index contributed by atoms with van der Waals surface area (Å²) in [6.45, 7) is 11.5. The van der Waals surface area contributed by atoms with Gasteiger partial charge in [0.2, 0.25) is 0 Å². The monoisotopic (exact) mass is 212 g/mol. The second-order valence-electron chi connectivity index (χ2n) is 5.21. The quantitative estimate of drug-likeness (QED) is 0.665. The lowest BCUT2D eigenvalue weighted by molar-refractivity contribution is 0.209. The van der Waals surface area contributed by atoms with Crippen LogP contribution >= 0.6 is 0 Å². The Morgan fingerprint density at radius 1 is 1.27 bits per heavy atom. The van der Waals surface area contributed by atoms with Crippen LogP contribution in [0.1, 0.15) is 53.4 Å². The highest BCUT2D eigenvalue weighted by Gasteiger charge is 2.29. The topological polar surface area (TPSA) is 15.3 Å². The van der Waals surface area contributed by atoms with Crippen LogP contribution in [-0.2, 0) is 0 Å². The molecule has 0 aromatic rings. The van der Waals surface area contributed by atoms with E-state index >= 15 is 0 Å². The van der Waals surface area contributed by atoms with Crippen molar-refractivity contribution in [1.82, 2.24) is 10.2 Å². The van der Waals surface area contributed by atoms with E-state index in [9.17, 15) is 0 Å². The van der Waals surface area contributed by atoms with Gasteiger partial charge in [-0.05, 0) is 40.0 Å². The highest BCUT2D eigenvalue weighted by molar-refractivity contribution is 4.86. The van der Waals surface area contributed by atoms with Crippen LogP contribution in [0.3, 0.4) is 0 Å². The summed E-state index contributed by atoms with van der Waals surface area (Å²) in [4.78, 5) is 2.64. The van der Waals surface area contributed by atoms with Crippen LogP contribution in [0.2, 0.25) is 0 Å². The molecule has 15 heavy (non-hydrogen) atoms. The molecule has 0 radical (unpaired) electrons. The summed E-state index contributed by atoms with van der Waals surface area (Å²) in [6, 6.07) is 2.29. The van der Waals surface area contributed by atoms with Crippen LogP contribution in [0, 0.1) is 0 Å². The van der Waals surface area contributed by atoms with Gasteiger partial charge >= 0.3 is 0 Å². The van der Waals surface area contributed by atoms with Crippen molar-refractivity contribution in [3.63, 3.8) is 0 Å². The minimum Gasteiger partial charge on any atom is -0.313 e. The molecule has 90 valence electrons. The zero-order chi connectivity index (χ0) is 11.3. The maximum atomic E-state index is 3.61. The summed E-state index contributed by atoms with van der Waals surface area (Å²) in [7, 11) is 0. The normalized spacial score (nSPS) is 18.8. The van der Waals surface area contributed by atoms with Gasteiger partial charge in [-0.25, -0.2) is 0 Å². The Kier molecular flexibility index (Phi) is 5.62. The van der Waals surface area contributed by atoms with Crippen molar-refractivity contribution in [2.45, 2.75) is 71.5 Å². The van der Waals surface area contributed by atoms with Crippen molar-refractivity contribution in [1.29, 1.82) is 0 Å². The van der Waals surface area contributed by atoms with E-state index < -0.39 is 0 Å². The fourth-order valence-corrected chi connectivity index (χ4v) is 2.24. The third-order valence-electron chi connectivity index (χ3n) is 3.26. The molecule has 0 spiro atoms. The fraction of sp³-hybridized carbons (Fsp3) is 1.00. The first-order chi connectivity index (χ1) is 7.15. The molecule has 1 atom stereocenters. The van der Waals surface area contributed by atoms with Crippen LogP contribution in [0.5, 0.6) is 0 Å². The Balaban J connectivity index is 2.11. The lowest BCUT2D eigenvalue weighted by Crippen LogP contribution is -2.40. The lowest BCUT2D eigenvalue weighted by Gasteiger charge is -2.27. The Hall–Kier alpha value is -0.0800. The number of nitrogens with one attached hydrogen (secondary N) is 1. The highest BCUT2D eigenvalue weighted by Crippen LogP contribution is 2.27. The van der Waals surface area contributed by atoms with Crippen LogP contribution < -0.4 is 5.32 Å². The fourth-order valence-electron chi connectivity index (χ4n) is 2.24. The van der Waals surface area contributed by atoms with Crippen LogP contribution in [0.15, 0.2) is 0 Å². The molecular formula is C13H28N2. The van der Waals surface area contributed by atoms with E-state index in [4.69, 9.17) is 0 Å². The summed E-state index contributed by atoms with van der Waals surface area (Å²) in [5.41, 5.74) is 0. The number of hydrogen-bond acceptors (Lipinski definition) is 2. The first kappa shape index (κ1) is 13.0. The molecule has 1 fully saturated rings. The maximum Gasteiger partial charge on any atom is 0.0113 e. The molecule has 0 amide bonds. The van der Waals surface area contributed by atoms with E-state index in [0.29, 0.717) is 12.1 Å². The van der Waals surface area contributed by atoms with Crippen molar-refractivity contribution in [2.75, 3.05) is 13.1 Å². The molecule has 1 aliphatic rings. The minimum absolute atomic E-state index is 0.684. The van der Waals surface area contributed by atoms with Gasteiger partial charge in [-0.1, -0.05) is 13.3 Å². The molecule has 1 unspecified atom stereocenters. The van der Waals surface area contributed by atoms with Crippen molar-refractivity contribution >= 4 is 0 Å². The SMILES string of the molecule is CCCC(C)NCCN(C(C)C)C1CC1. The molecule has 2 heteroatoms. The molecule has 0 heterocycles. The third kappa shape index (κ3) is 4.98. The van der Waals surface area contributed by atoms with Crippen molar-refractivity contribution in [3.05, 3.63) is 0 Å². The van der Waals surface area contributed by atoms with E-state index in [0.717, 1.165) is 12.6 Å². The van der Waals surface area contributed by atoms with E-state index in [1.165, 1.54) is 32.2 Å². The van der Waals surface area contributed by atoms with Crippen LogP contribution in [0.25, 0.3) is 0 Å². The number of rotatable bonds is 8. The van der Waals surface area contributed by atoms with Gasteiger partial charge < -0.3 is 5.32 Å². The van der Waals surface area contributed by atoms with Gasteiger partial charge in [-0.15, -0.1) is 0 Å². The summed E-state index contributed by atoms with van der Waals surface area (Å²) in [6.07, 6.45) is 5.42. The van der Waals surface area contributed by atoms with Crippen molar-refractivity contribution in [2.24, 2.45) is 0 Å². The van der Waals surface area contributed by atoms with E-state index in [1.54, 1.807) is 0 Å². The van der Waals surface area contributed by atoms with Gasteiger partial charge in [0, 0.05) is 31.2 Å². The van der Waals surface area contributed by atoms with Gasteiger partial charge in [0.25, 0.3) is 0 Å². The molecule has 2 nitrogen and oxygen atoms in total. The molecule has 1 N–H and O–H groups in total. The van der Waals surface area contributed by atoms with Crippen molar-refractivity contribution < 1.29 is 0 Å². The zero-order valence-electron chi connectivity index (χ0n) is 10.9. The minimum atomic E-state index is 0.684. The standard InChI is InChI=1S/C13H28N2/c1-5-6-12(4)14-9-10-15(11(2)3)13-7-8-13/h11-14H,5-10H2,1-4H3. The van der Waals surface area contributed by atoms with Gasteiger partial charge in [0.05, 0.1) is 0 Å². The maximum absolute atomic E-state index is 3.61. The van der Waals surface area contributed by atoms with E-state index in [1.807, 2.05) is 0 Å². The first-order valence-electron chi connectivity index (χ1n) is 6.64. The van der Waals surface area contributed by atoms with Gasteiger partial charge in [-0.3, -0.25) is 4.90 Å². The molecule has 0 aliphatic heterocycles. The molecule has 1 aliphatic carbocycles. The van der Waals surface area contributed by atoms with Crippen LogP contribution in [0.4, 0.5) is 0 Å². The summed E-state index contributed by atoms with van der Waals surface area (Å²) < 4.78 is 0. The molecule has 0 saturated heterocycles. The average molecular weight is 212 g/mol. The van der Waals surface area contributed by atoms with Gasteiger partial charge in [0.1, 0.15) is 0 Å². The lowest BCUT2D eigenvalue weighted by atomic mass is 10.2.